The van der Waals surface area contributed by atoms with Gasteiger partial charge in [0.15, 0.2) is 0 Å². The highest BCUT2D eigenvalue weighted by molar-refractivity contribution is 6.00. The average molecular weight is 285 g/mol. The van der Waals surface area contributed by atoms with Gasteiger partial charge in [-0.3, -0.25) is 14.7 Å². The van der Waals surface area contributed by atoms with Gasteiger partial charge >= 0.3 is 6.03 Å². The molecular weight excluding hydrogens is 268 g/mol. The van der Waals surface area contributed by atoms with Crippen LogP contribution in [0.3, 0.4) is 0 Å². The molecular formula is C15H17N4O2. The number of primary amides is 1. The third-order valence-electron chi connectivity index (χ3n) is 3.83. The molecule has 2 aliphatic heterocycles. The fraction of sp³-hybridized carbons (Fsp3) is 0.333. The van der Waals surface area contributed by atoms with Crippen LogP contribution in [-0.4, -0.2) is 39.4 Å². The highest BCUT2D eigenvalue weighted by Crippen LogP contribution is 2.31. The van der Waals surface area contributed by atoms with Gasteiger partial charge in [0.1, 0.15) is 6.17 Å². The van der Waals surface area contributed by atoms with Crippen molar-refractivity contribution in [1.29, 1.82) is 0 Å². The van der Waals surface area contributed by atoms with E-state index in [1.54, 1.807) is 29.4 Å². The smallest absolute Gasteiger partial charge is 0.321 e. The van der Waals surface area contributed by atoms with E-state index in [1.807, 2.05) is 6.42 Å². The summed E-state index contributed by atoms with van der Waals surface area (Å²) in [5.41, 5.74) is 6.87. The number of rotatable bonds is 1. The average Bonchev–Trinajstić information content (AvgIpc) is 2.73. The Kier molecular flexibility index (Phi) is 3.60. The van der Waals surface area contributed by atoms with Gasteiger partial charge in [0.05, 0.1) is 5.70 Å². The minimum Gasteiger partial charge on any atom is -0.351 e. The maximum Gasteiger partial charge on any atom is 0.321 e. The lowest BCUT2D eigenvalue weighted by Crippen LogP contribution is -2.56. The Morgan fingerprint density at radius 1 is 1.29 bits per heavy atom. The summed E-state index contributed by atoms with van der Waals surface area (Å²) < 4.78 is 0. The number of carbonyl (C=O) groups is 2. The van der Waals surface area contributed by atoms with Crippen molar-refractivity contribution in [3.05, 3.63) is 42.6 Å². The quantitative estimate of drug-likeness (QED) is 0.846. The molecule has 109 valence electrons. The number of hydrogen-bond donors (Lipinski definition) is 1. The van der Waals surface area contributed by atoms with Crippen LogP contribution in [0, 0.1) is 6.42 Å². The molecule has 3 rings (SSSR count). The number of amides is 3. The number of aromatic nitrogens is 1. The number of hydrogen-bond acceptors (Lipinski definition) is 3. The minimum absolute atomic E-state index is 0.0811. The summed E-state index contributed by atoms with van der Waals surface area (Å²) >= 11 is 0. The van der Waals surface area contributed by atoms with E-state index >= 15 is 0 Å². The van der Waals surface area contributed by atoms with Gasteiger partial charge in [-0.15, -0.1) is 0 Å². The molecule has 1 aromatic heterocycles. The van der Waals surface area contributed by atoms with E-state index in [0.717, 1.165) is 24.8 Å². The standard InChI is InChI=1S/C15H17N4O2/c16-15(21)19-12(11-5-7-17-8-6-11)10-14(20)18-9-3-1-2-4-13(18)19/h4-8,10,13H,1-3,9H2,(H2,16,21). The van der Waals surface area contributed by atoms with Crippen LogP contribution in [0.25, 0.3) is 5.70 Å². The second-order valence-corrected chi connectivity index (χ2v) is 5.15. The van der Waals surface area contributed by atoms with Crippen molar-refractivity contribution in [2.24, 2.45) is 5.73 Å². The molecule has 0 aliphatic carbocycles. The summed E-state index contributed by atoms with van der Waals surface area (Å²) in [6.45, 7) is 0.643. The molecule has 21 heavy (non-hydrogen) atoms. The molecule has 1 radical (unpaired) electrons. The first-order valence-corrected chi connectivity index (χ1v) is 7.03. The first-order valence-electron chi connectivity index (χ1n) is 7.03. The lowest BCUT2D eigenvalue weighted by molar-refractivity contribution is -0.130. The zero-order chi connectivity index (χ0) is 14.8. The molecule has 3 heterocycles. The SMILES string of the molecule is NC(=O)N1C(c2ccncc2)=CC(=O)N2CCCC[CH]C21. The van der Waals surface area contributed by atoms with Gasteiger partial charge in [-0.25, -0.2) is 4.79 Å². The fourth-order valence-corrected chi connectivity index (χ4v) is 2.84. The van der Waals surface area contributed by atoms with E-state index in [4.69, 9.17) is 5.73 Å². The molecule has 1 aromatic rings. The molecule has 6 nitrogen and oxygen atoms in total. The molecule has 2 N–H and O–H groups in total. The second-order valence-electron chi connectivity index (χ2n) is 5.15. The molecule has 0 saturated carbocycles. The molecule has 0 spiro atoms. The Balaban J connectivity index is 2.06. The van der Waals surface area contributed by atoms with Crippen LogP contribution in [0.1, 0.15) is 24.8 Å². The molecule has 1 atom stereocenters. The van der Waals surface area contributed by atoms with E-state index in [1.165, 1.54) is 11.0 Å². The molecule has 1 unspecified atom stereocenters. The topological polar surface area (TPSA) is 79.5 Å². The van der Waals surface area contributed by atoms with E-state index in [2.05, 4.69) is 4.98 Å². The van der Waals surface area contributed by atoms with Gasteiger partial charge in [0.2, 0.25) is 5.91 Å². The lowest BCUT2D eigenvalue weighted by atomic mass is 10.1. The van der Waals surface area contributed by atoms with Crippen molar-refractivity contribution < 1.29 is 9.59 Å². The van der Waals surface area contributed by atoms with Crippen LogP contribution in [0.2, 0.25) is 0 Å². The number of pyridine rings is 1. The molecule has 0 bridgehead atoms. The predicted molar refractivity (Wildman–Crippen MR) is 77.3 cm³/mol. The van der Waals surface area contributed by atoms with Crippen LogP contribution < -0.4 is 5.73 Å². The number of nitrogens with zero attached hydrogens (tertiary/aromatic N) is 3. The highest BCUT2D eigenvalue weighted by Gasteiger charge is 2.38. The number of urea groups is 1. The predicted octanol–water partition coefficient (Wildman–Crippen LogP) is 1.36. The molecule has 1 saturated heterocycles. The summed E-state index contributed by atoms with van der Waals surface area (Å²) in [5, 5.41) is 0. The molecule has 2 aliphatic rings. The summed E-state index contributed by atoms with van der Waals surface area (Å²) in [4.78, 5) is 31.5. The van der Waals surface area contributed by atoms with E-state index in [9.17, 15) is 9.59 Å². The molecule has 1 fully saturated rings. The third-order valence-corrected chi connectivity index (χ3v) is 3.83. The van der Waals surface area contributed by atoms with Crippen molar-refractivity contribution in [3.8, 4) is 0 Å². The maximum absolute atomic E-state index is 12.4. The van der Waals surface area contributed by atoms with E-state index in [-0.39, 0.29) is 5.91 Å². The minimum atomic E-state index is -0.557. The monoisotopic (exact) mass is 285 g/mol. The van der Waals surface area contributed by atoms with Crippen LogP contribution in [0.4, 0.5) is 4.79 Å². The van der Waals surface area contributed by atoms with Crippen LogP contribution in [0.15, 0.2) is 30.6 Å². The number of fused-ring (bicyclic) bond motifs is 1. The number of nitrogens with two attached hydrogens (primary N) is 1. The van der Waals surface area contributed by atoms with Crippen molar-refractivity contribution in [2.75, 3.05) is 6.54 Å². The van der Waals surface area contributed by atoms with Crippen LogP contribution in [-0.2, 0) is 4.79 Å². The fourth-order valence-electron chi connectivity index (χ4n) is 2.84. The Bertz CT molecular complexity index is 585. The van der Waals surface area contributed by atoms with Crippen molar-refractivity contribution in [1.82, 2.24) is 14.8 Å². The number of carbonyl (C=O) groups excluding carboxylic acids is 2. The third kappa shape index (κ3) is 2.49. The van der Waals surface area contributed by atoms with Crippen molar-refractivity contribution in [2.45, 2.75) is 25.4 Å². The van der Waals surface area contributed by atoms with Gasteiger partial charge < -0.3 is 10.6 Å². The Hall–Kier alpha value is -2.37. The molecule has 3 amide bonds. The van der Waals surface area contributed by atoms with Gasteiger partial charge in [0, 0.05) is 37.0 Å². The van der Waals surface area contributed by atoms with Crippen molar-refractivity contribution in [3.63, 3.8) is 0 Å². The van der Waals surface area contributed by atoms with Crippen LogP contribution in [0.5, 0.6) is 0 Å². The summed E-state index contributed by atoms with van der Waals surface area (Å²) in [6, 6.07) is 2.97. The van der Waals surface area contributed by atoms with Crippen LogP contribution >= 0.6 is 0 Å². The van der Waals surface area contributed by atoms with E-state index < -0.39 is 12.2 Å². The molecule has 6 heteroatoms. The Morgan fingerprint density at radius 2 is 2.05 bits per heavy atom. The Labute approximate surface area is 123 Å². The Morgan fingerprint density at radius 3 is 2.76 bits per heavy atom. The molecule has 0 aromatic carbocycles. The lowest BCUT2D eigenvalue weighted by Gasteiger charge is -2.41. The van der Waals surface area contributed by atoms with Gasteiger partial charge in [-0.1, -0.05) is 6.42 Å². The van der Waals surface area contributed by atoms with Crippen molar-refractivity contribution >= 4 is 17.6 Å². The summed E-state index contributed by atoms with van der Waals surface area (Å²) in [6.07, 6.45) is 9.14. The first kappa shape index (κ1) is 13.6. The summed E-state index contributed by atoms with van der Waals surface area (Å²) in [5.74, 6) is -0.0811. The van der Waals surface area contributed by atoms with E-state index in [0.29, 0.717) is 12.2 Å². The zero-order valence-electron chi connectivity index (χ0n) is 11.6. The van der Waals surface area contributed by atoms with Gasteiger partial charge in [-0.2, -0.15) is 0 Å². The largest absolute Gasteiger partial charge is 0.351 e. The second kappa shape index (κ2) is 5.55. The van der Waals surface area contributed by atoms with Gasteiger partial charge in [0.25, 0.3) is 0 Å². The highest BCUT2D eigenvalue weighted by atomic mass is 16.2. The maximum atomic E-state index is 12.4. The van der Waals surface area contributed by atoms with Gasteiger partial charge in [-0.05, 0) is 25.0 Å². The normalized spacial score (nSPS) is 22.4. The first-order chi connectivity index (χ1) is 10.2. The zero-order valence-corrected chi connectivity index (χ0v) is 11.6. The summed E-state index contributed by atoms with van der Waals surface area (Å²) in [7, 11) is 0.